The Bertz CT molecular complexity index is 279. The molecule has 0 heterocycles. The Labute approximate surface area is 103 Å². The van der Waals surface area contributed by atoms with E-state index in [4.69, 9.17) is 5.11 Å². The van der Waals surface area contributed by atoms with Crippen LogP contribution in [0.1, 0.15) is 47.5 Å². The fourth-order valence-electron chi connectivity index (χ4n) is 1.38. The molecule has 2 unspecified atom stereocenters. The molecule has 0 aliphatic carbocycles. The van der Waals surface area contributed by atoms with Gasteiger partial charge in [0.1, 0.15) is 5.54 Å². The molecule has 2 amide bonds. The first-order valence-corrected chi connectivity index (χ1v) is 6.05. The smallest absolute Gasteiger partial charge is 0.329 e. The van der Waals surface area contributed by atoms with Crippen LogP contribution in [0.5, 0.6) is 0 Å². The van der Waals surface area contributed by atoms with Crippen molar-refractivity contribution in [2.24, 2.45) is 5.92 Å². The molecule has 0 aliphatic rings. The molecule has 17 heavy (non-hydrogen) atoms. The molecule has 2 atom stereocenters. The van der Waals surface area contributed by atoms with Gasteiger partial charge in [0, 0.05) is 6.04 Å². The Morgan fingerprint density at radius 3 is 2.18 bits per heavy atom. The van der Waals surface area contributed by atoms with Gasteiger partial charge in [-0.3, -0.25) is 0 Å². The zero-order valence-electron chi connectivity index (χ0n) is 11.3. The zero-order valence-corrected chi connectivity index (χ0v) is 11.3. The van der Waals surface area contributed by atoms with Gasteiger partial charge in [0.05, 0.1) is 0 Å². The van der Waals surface area contributed by atoms with Crippen molar-refractivity contribution in [1.29, 1.82) is 0 Å². The van der Waals surface area contributed by atoms with E-state index in [2.05, 4.69) is 10.6 Å². The lowest BCUT2D eigenvalue weighted by atomic mass is 9.96. The SMILES string of the molecule is CCCC(C)(NC(=O)NC(C)C(C)C)C(=O)O. The Kier molecular flexibility index (Phi) is 5.99. The number of carboxylic acid groups (broad SMARTS) is 1. The molecule has 0 aromatic carbocycles. The predicted octanol–water partition coefficient (Wildman–Crippen LogP) is 1.97. The van der Waals surface area contributed by atoms with E-state index in [1.54, 1.807) is 0 Å². The Morgan fingerprint density at radius 2 is 1.82 bits per heavy atom. The van der Waals surface area contributed by atoms with Gasteiger partial charge in [0.15, 0.2) is 0 Å². The van der Waals surface area contributed by atoms with Crippen LogP contribution in [-0.4, -0.2) is 28.7 Å². The highest BCUT2D eigenvalue weighted by Crippen LogP contribution is 2.12. The molecule has 0 saturated heterocycles. The molecule has 5 heteroatoms. The summed E-state index contributed by atoms with van der Waals surface area (Å²) >= 11 is 0. The van der Waals surface area contributed by atoms with E-state index in [0.29, 0.717) is 18.8 Å². The van der Waals surface area contributed by atoms with Gasteiger partial charge in [-0.25, -0.2) is 9.59 Å². The van der Waals surface area contributed by atoms with Crippen LogP contribution in [0.3, 0.4) is 0 Å². The van der Waals surface area contributed by atoms with Crippen LogP contribution in [-0.2, 0) is 4.79 Å². The standard InChI is InChI=1S/C12H24N2O3/c1-6-7-12(5,10(15)16)14-11(17)13-9(4)8(2)3/h8-9H,6-7H2,1-5H3,(H,15,16)(H2,13,14,17). The normalized spacial score (nSPS) is 16.1. The topological polar surface area (TPSA) is 78.4 Å². The summed E-state index contributed by atoms with van der Waals surface area (Å²) in [5.74, 6) is -0.699. The van der Waals surface area contributed by atoms with Crippen molar-refractivity contribution < 1.29 is 14.7 Å². The number of hydrogen-bond donors (Lipinski definition) is 3. The Hall–Kier alpha value is -1.26. The number of urea groups is 1. The predicted molar refractivity (Wildman–Crippen MR) is 66.9 cm³/mol. The Morgan fingerprint density at radius 1 is 1.29 bits per heavy atom. The summed E-state index contributed by atoms with van der Waals surface area (Å²) in [6.07, 6.45) is 1.11. The molecule has 100 valence electrons. The number of hydrogen-bond acceptors (Lipinski definition) is 2. The molecule has 0 spiro atoms. The third kappa shape index (κ3) is 5.06. The van der Waals surface area contributed by atoms with E-state index in [0.717, 1.165) is 0 Å². The minimum atomic E-state index is -1.20. The maximum Gasteiger partial charge on any atom is 0.329 e. The van der Waals surface area contributed by atoms with Gasteiger partial charge < -0.3 is 15.7 Å². The number of carbonyl (C=O) groups excluding carboxylic acids is 1. The van der Waals surface area contributed by atoms with E-state index in [1.807, 2.05) is 27.7 Å². The highest BCUT2D eigenvalue weighted by atomic mass is 16.4. The highest BCUT2D eigenvalue weighted by Gasteiger charge is 2.34. The van der Waals surface area contributed by atoms with E-state index < -0.39 is 17.5 Å². The average molecular weight is 244 g/mol. The summed E-state index contributed by atoms with van der Waals surface area (Å²) < 4.78 is 0. The quantitative estimate of drug-likeness (QED) is 0.668. The molecule has 0 aromatic heterocycles. The van der Waals surface area contributed by atoms with Crippen LogP contribution in [0.2, 0.25) is 0 Å². The van der Waals surface area contributed by atoms with Gasteiger partial charge in [0.2, 0.25) is 0 Å². The minimum absolute atomic E-state index is 0.00896. The first-order valence-electron chi connectivity index (χ1n) is 6.05. The summed E-state index contributed by atoms with van der Waals surface area (Å²) in [5.41, 5.74) is -1.20. The zero-order chi connectivity index (χ0) is 13.6. The molecule has 5 nitrogen and oxygen atoms in total. The van der Waals surface area contributed by atoms with Crippen LogP contribution < -0.4 is 10.6 Å². The molecule has 3 N–H and O–H groups in total. The van der Waals surface area contributed by atoms with Gasteiger partial charge in [-0.1, -0.05) is 27.2 Å². The maximum absolute atomic E-state index is 11.7. The lowest BCUT2D eigenvalue weighted by Crippen LogP contribution is -2.56. The van der Waals surface area contributed by atoms with Crippen LogP contribution >= 0.6 is 0 Å². The lowest BCUT2D eigenvalue weighted by molar-refractivity contribution is -0.144. The van der Waals surface area contributed by atoms with Crippen LogP contribution in [0, 0.1) is 5.92 Å². The maximum atomic E-state index is 11.7. The minimum Gasteiger partial charge on any atom is -0.480 e. The first-order chi connectivity index (χ1) is 7.73. The number of carboxylic acids is 1. The monoisotopic (exact) mass is 244 g/mol. The van der Waals surface area contributed by atoms with E-state index in [-0.39, 0.29) is 6.04 Å². The Balaban J connectivity index is 4.47. The van der Waals surface area contributed by atoms with Gasteiger partial charge in [-0.05, 0) is 26.2 Å². The molecule has 0 bridgehead atoms. The number of nitrogens with one attached hydrogen (secondary N) is 2. The summed E-state index contributed by atoms with van der Waals surface area (Å²) in [4.78, 5) is 22.8. The van der Waals surface area contributed by atoms with E-state index >= 15 is 0 Å². The van der Waals surface area contributed by atoms with Crippen LogP contribution in [0.15, 0.2) is 0 Å². The summed E-state index contributed by atoms with van der Waals surface area (Å²) in [6.45, 7) is 9.29. The van der Waals surface area contributed by atoms with Crippen molar-refractivity contribution >= 4 is 12.0 Å². The molecule has 0 saturated carbocycles. The van der Waals surface area contributed by atoms with Crippen molar-refractivity contribution in [2.75, 3.05) is 0 Å². The third-order valence-electron chi connectivity index (χ3n) is 2.97. The molecule has 0 rings (SSSR count). The summed E-state index contributed by atoms with van der Waals surface area (Å²) in [7, 11) is 0. The summed E-state index contributed by atoms with van der Waals surface area (Å²) in [5, 5.41) is 14.4. The molecular weight excluding hydrogens is 220 g/mol. The van der Waals surface area contributed by atoms with Crippen molar-refractivity contribution in [2.45, 2.75) is 59.0 Å². The largest absolute Gasteiger partial charge is 0.480 e. The second kappa shape index (κ2) is 6.47. The molecule has 0 aromatic rings. The molecular formula is C12H24N2O3. The second-order valence-electron chi connectivity index (χ2n) is 5.02. The molecule has 0 fully saturated rings. The van der Waals surface area contributed by atoms with Crippen LogP contribution in [0.25, 0.3) is 0 Å². The molecule has 0 aliphatic heterocycles. The second-order valence-corrected chi connectivity index (χ2v) is 5.02. The van der Waals surface area contributed by atoms with E-state index in [1.165, 1.54) is 6.92 Å². The van der Waals surface area contributed by atoms with Gasteiger partial charge in [0.25, 0.3) is 0 Å². The number of aliphatic carboxylic acids is 1. The first kappa shape index (κ1) is 15.7. The number of rotatable bonds is 6. The molecule has 0 radical (unpaired) electrons. The van der Waals surface area contributed by atoms with Crippen molar-refractivity contribution in [3.63, 3.8) is 0 Å². The third-order valence-corrected chi connectivity index (χ3v) is 2.97. The van der Waals surface area contributed by atoms with Gasteiger partial charge in [-0.15, -0.1) is 0 Å². The summed E-state index contributed by atoms with van der Waals surface area (Å²) in [6, 6.07) is -0.417. The fourth-order valence-corrected chi connectivity index (χ4v) is 1.38. The number of carbonyl (C=O) groups is 2. The fraction of sp³-hybridized carbons (Fsp3) is 0.833. The van der Waals surface area contributed by atoms with Crippen molar-refractivity contribution in [3.8, 4) is 0 Å². The van der Waals surface area contributed by atoms with Gasteiger partial charge in [-0.2, -0.15) is 0 Å². The lowest BCUT2D eigenvalue weighted by Gasteiger charge is -2.27. The van der Waals surface area contributed by atoms with Crippen molar-refractivity contribution in [3.05, 3.63) is 0 Å². The van der Waals surface area contributed by atoms with Gasteiger partial charge >= 0.3 is 12.0 Å². The average Bonchev–Trinajstić information content (AvgIpc) is 2.16. The highest BCUT2D eigenvalue weighted by molar-refractivity contribution is 5.85. The van der Waals surface area contributed by atoms with Crippen LogP contribution in [0.4, 0.5) is 4.79 Å². The number of amides is 2. The van der Waals surface area contributed by atoms with E-state index in [9.17, 15) is 9.59 Å². The van der Waals surface area contributed by atoms with Crippen molar-refractivity contribution in [1.82, 2.24) is 10.6 Å².